The summed E-state index contributed by atoms with van der Waals surface area (Å²) in [5.74, 6) is -3.28. The van der Waals surface area contributed by atoms with Crippen LogP contribution < -0.4 is 24.4 Å². The second-order valence-electron chi connectivity index (χ2n) is 17.7. The van der Waals surface area contributed by atoms with Crippen molar-refractivity contribution in [3.63, 3.8) is 0 Å². The zero-order valence-electron chi connectivity index (χ0n) is 40.7. The molecule has 77 heavy (non-hydrogen) atoms. The highest BCUT2D eigenvalue weighted by Gasteiger charge is 2.52. The van der Waals surface area contributed by atoms with Gasteiger partial charge < -0.3 is 113 Å². The van der Waals surface area contributed by atoms with E-state index >= 15 is 0 Å². The Balaban J connectivity index is 1.15. The number of hydrogen-bond acceptors (Lipinski definition) is 24. The normalized spacial score (nSPS) is 28.5. The third kappa shape index (κ3) is 12.7. The Morgan fingerprint density at radius 2 is 1.29 bits per heavy atom. The fourth-order valence-corrected chi connectivity index (χ4v) is 8.34. The molecule has 0 bridgehead atoms. The van der Waals surface area contributed by atoms with E-state index in [9.17, 15) is 70.6 Å². The number of benzene rings is 4. The van der Waals surface area contributed by atoms with Gasteiger partial charge in [0.25, 0.3) is 0 Å². The lowest BCUT2D eigenvalue weighted by molar-refractivity contribution is -0.345. The van der Waals surface area contributed by atoms with Crippen LogP contribution in [0.2, 0.25) is 0 Å². The molecule has 0 amide bonds. The number of rotatable bonds is 17. The molecule has 3 aromatic carbocycles. The molecule has 12 N–H and O–H groups in total. The van der Waals surface area contributed by atoms with Crippen LogP contribution >= 0.6 is 0 Å². The lowest BCUT2D eigenvalue weighted by atomic mass is 9.98. The van der Waals surface area contributed by atoms with Crippen molar-refractivity contribution in [3.8, 4) is 62.9 Å². The summed E-state index contributed by atoms with van der Waals surface area (Å²) in [6.45, 7) is -2.10. The first-order chi connectivity index (χ1) is 36.8. The third-order valence-electron chi connectivity index (χ3n) is 12.5. The standard InChI is InChI=1S/C52H54O25/c1-67-33-15-24(16-34(68-2)41(33)61)6-14-39(59)76-48-40(60)30(57)21-70-51(48)77-49-45(65)43(63)37(22-69-38(58)13-5-23-3-9-26(54)10-4-23)75-52(49)73-35-19-29-31(71-47(35)25-7-11-27(55)12-8-25)17-28(56)18-32(29)72-50-46(66)44(64)42(62)36(20-53)74-50/h3-19,30,36-37,40,42-46,48-55,57,60-66H,20-22H2,1-2H3/p+1/t30-,36-,37-,40+,42-,43-,44+,45+,46-,48-,49-,50-,51+,52-/m1/s1. The van der Waals surface area contributed by atoms with Crippen LogP contribution in [0.1, 0.15) is 11.1 Å². The van der Waals surface area contributed by atoms with Gasteiger partial charge in [0, 0.05) is 23.8 Å². The molecule has 1 aliphatic carbocycles. The monoisotopic (exact) mass is 1080 g/mol. The number of ether oxygens (including phenoxy) is 10. The molecule has 4 heterocycles. The first kappa shape index (κ1) is 55.9. The molecule has 5 aliphatic rings. The molecule has 0 spiro atoms. The summed E-state index contributed by atoms with van der Waals surface area (Å²) in [6.07, 6.45) is -20.7. The number of aromatic hydroxyl groups is 3. The van der Waals surface area contributed by atoms with Gasteiger partial charge in [-0.2, -0.15) is 0 Å². The van der Waals surface area contributed by atoms with Crippen LogP contribution in [0.5, 0.6) is 40.2 Å². The molecule has 4 aliphatic heterocycles. The van der Waals surface area contributed by atoms with Gasteiger partial charge in [0.1, 0.15) is 71.8 Å². The Morgan fingerprint density at radius 3 is 1.95 bits per heavy atom. The minimum atomic E-state index is -2.07. The van der Waals surface area contributed by atoms with Crippen molar-refractivity contribution in [3.05, 3.63) is 112 Å². The van der Waals surface area contributed by atoms with Crippen molar-refractivity contribution in [1.82, 2.24) is 0 Å². The summed E-state index contributed by atoms with van der Waals surface area (Å²) in [7, 11) is 2.59. The fraction of sp³-hybridized carbons (Fsp3) is 0.365. The van der Waals surface area contributed by atoms with E-state index < -0.39 is 123 Å². The molecule has 0 saturated carbocycles. The third-order valence-corrected chi connectivity index (χ3v) is 12.5. The molecule has 0 radical (unpaired) electrons. The van der Waals surface area contributed by atoms with Crippen LogP contribution in [0.15, 0.2) is 100 Å². The molecule has 25 heteroatoms. The van der Waals surface area contributed by atoms with Crippen molar-refractivity contribution in [2.24, 2.45) is 0 Å². The maximum atomic E-state index is 13.4. The highest BCUT2D eigenvalue weighted by molar-refractivity contribution is 5.88. The molecule has 3 saturated heterocycles. The minimum Gasteiger partial charge on any atom is -0.508 e. The molecule has 412 valence electrons. The first-order valence-corrected chi connectivity index (χ1v) is 23.6. The number of methoxy groups -OCH3 is 2. The van der Waals surface area contributed by atoms with Crippen LogP contribution in [0.4, 0.5) is 0 Å². The van der Waals surface area contributed by atoms with E-state index in [1.165, 1.54) is 81.0 Å². The van der Waals surface area contributed by atoms with E-state index in [1.54, 1.807) is 12.1 Å². The number of carbonyl (C=O) groups is 1. The predicted molar refractivity (Wildman–Crippen MR) is 261 cm³/mol. The highest BCUT2D eigenvalue weighted by atomic mass is 16.8. The smallest absolute Gasteiger partial charge is 0.508 e. The van der Waals surface area contributed by atoms with Crippen LogP contribution in [0.3, 0.4) is 0 Å². The molecule has 14 atom stereocenters. The van der Waals surface area contributed by atoms with E-state index in [1.807, 2.05) is 0 Å². The highest BCUT2D eigenvalue weighted by Crippen LogP contribution is 2.44. The number of aliphatic hydroxyl groups is 8. The Bertz CT molecular complexity index is 2900. The van der Waals surface area contributed by atoms with Crippen molar-refractivity contribution in [2.75, 3.05) is 34.0 Å². The molecule has 0 unspecified atom stereocenters. The van der Waals surface area contributed by atoms with Crippen LogP contribution in [0, 0.1) is 0 Å². The maximum absolute atomic E-state index is 13.4. The van der Waals surface area contributed by atoms with Crippen molar-refractivity contribution in [2.45, 2.75) is 86.0 Å². The van der Waals surface area contributed by atoms with E-state index in [-0.39, 0.29) is 62.9 Å². The van der Waals surface area contributed by atoms with E-state index in [0.717, 1.165) is 24.3 Å². The fourth-order valence-electron chi connectivity index (χ4n) is 8.34. The largest absolute Gasteiger partial charge is 0.510 e. The maximum Gasteiger partial charge on any atom is 0.510 e. The molecule has 3 aromatic rings. The Morgan fingerprint density at radius 1 is 0.662 bits per heavy atom. The quantitative estimate of drug-likeness (QED) is 0.0328. The van der Waals surface area contributed by atoms with Gasteiger partial charge in [-0.25, -0.2) is 4.79 Å². The van der Waals surface area contributed by atoms with Crippen LogP contribution in [-0.4, -0.2) is 193 Å². The second kappa shape index (κ2) is 24.3. The molecule has 25 nitrogen and oxygen atoms in total. The lowest BCUT2D eigenvalue weighted by Crippen LogP contribution is -2.64. The molecule has 0 aromatic heterocycles. The van der Waals surface area contributed by atoms with Crippen molar-refractivity contribution in [1.29, 1.82) is 0 Å². The minimum absolute atomic E-state index is 0.00136. The molecule has 8 rings (SSSR count). The van der Waals surface area contributed by atoms with Gasteiger partial charge in [0.2, 0.25) is 24.9 Å². The number of aliphatic hydroxyl groups excluding tert-OH is 8. The number of phenolic OH excluding ortho intramolecular Hbond substituents is 3. The first-order valence-electron chi connectivity index (χ1n) is 23.6. The van der Waals surface area contributed by atoms with Gasteiger partial charge in [-0.05, 0) is 77.9 Å². The van der Waals surface area contributed by atoms with Crippen molar-refractivity contribution >= 4 is 24.1 Å². The molecular weight excluding hydrogens is 1020 g/mol. The van der Waals surface area contributed by atoms with E-state index in [0.29, 0.717) is 11.1 Å². The van der Waals surface area contributed by atoms with Gasteiger partial charge in [0.05, 0.1) is 39.1 Å². The average Bonchev–Trinajstić information content (AvgIpc) is 3.45. The van der Waals surface area contributed by atoms with Gasteiger partial charge in [-0.1, -0.05) is 12.1 Å². The summed E-state index contributed by atoms with van der Waals surface area (Å²) in [5.41, 5.74) is 0.266. The average molecular weight is 1080 g/mol. The Labute approximate surface area is 436 Å². The molecular formula is C52H55O25+. The van der Waals surface area contributed by atoms with Gasteiger partial charge in [-0.15, -0.1) is 0 Å². The van der Waals surface area contributed by atoms with Gasteiger partial charge >= 0.3 is 11.9 Å². The molecule has 3 fully saturated rings. The Kier molecular flexibility index (Phi) is 17.6. The zero-order valence-corrected chi connectivity index (χ0v) is 40.7. The zero-order chi connectivity index (χ0) is 55.2. The summed E-state index contributed by atoms with van der Waals surface area (Å²) in [4.78, 5) is 37.3. The number of fused-ring (bicyclic) bond motifs is 1. The topological polar surface area (TPSA) is 384 Å². The second-order valence-corrected chi connectivity index (χ2v) is 17.7. The van der Waals surface area contributed by atoms with Crippen LogP contribution in [0.25, 0.3) is 34.8 Å². The predicted octanol–water partition coefficient (Wildman–Crippen LogP) is -0.129. The van der Waals surface area contributed by atoms with Gasteiger partial charge in [0.15, 0.2) is 53.0 Å². The number of hydrogen-bond donors (Lipinski definition) is 11. The summed E-state index contributed by atoms with van der Waals surface area (Å²) >= 11 is 0. The van der Waals surface area contributed by atoms with E-state index in [4.69, 9.17) is 51.8 Å². The summed E-state index contributed by atoms with van der Waals surface area (Å²) in [6, 6.07) is 17.3. The van der Waals surface area contributed by atoms with E-state index in [2.05, 4.69) is 0 Å². The summed E-state index contributed by atoms with van der Waals surface area (Å²) < 4.78 is 63.8. The SMILES string of the molecule is COc1cc(C=CC(=O)O[C@H]2[C@H](O[C@H]3[C@H](Oc4cc5c(O[C@@H]6O[C@H](CO)[C@@H](O)[C@H](O)[C@H]6O)cc(=O)cc-5oc4-c4ccc(O)cc4)O[C@H](COC(=[OH+])C=Cc4ccc(O)cc4)[C@@H](O)[C@@H]3O)OC[C@@H](O)[C@@H]2O)cc(OC)c1O. The number of phenols is 3. The van der Waals surface area contributed by atoms with Crippen molar-refractivity contribution < 1.29 is 118 Å². The Hall–Kier alpha value is -7.37. The number of carbonyl (C=O) groups excluding carboxylic acids is 2. The van der Waals surface area contributed by atoms with Crippen LogP contribution in [-0.2, 0) is 33.2 Å². The van der Waals surface area contributed by atoms with Gasteiger partial charge in [-0.3, -0.25) is 4.79 Å². The summed E-state index contributed by atoms with van der Waals surface area (Å²) in [5, 5.41) is 117. The number of esters is 2. The lowest BCUT2D eigenvalue weighted by Gasteiger charge is -2.44.